The Morgan fingerprint density at radius 1 is 1.12 bits per heavy atom. The first kappa shape index (κ1) is 17.0. The Kier molecular flexibility index (Phi) is 4.17. The highest BCUT2D eigenvalue weighted by Crippen LogP contribution is 2.36. The molecule has 1 saturated carbocycles. The number of hydrogen-bond donors (Lipinski definition) is 2. The van der Waals surface area contributed by atoms with Crippen LogP contribution in [0.15, 0.2) is 42.7 Å². The van der Waals surface area contributed by atoms with E-state index in [0.717, 1.165) is 16.6 Å². The Hall–Kier alpha value is -2.44. The molecular weight excluding hydrogens is 335 g/mol. The van der Waals surface area contributed by atoms with Gasteiger partial charge in [0.15, 0.2) is 0 Å². The van der Waals surface area contributed by atoms with Crippen molar-refractivity contribution in [3.63, 3.8) is 0 Å². The van der Waals surface area contributed by atoms with E-state index in [9.17, 15) is 14.6 Å². The average Bonchev–Trinajstić information content (AvgIpc) is 3.15. The van der Waals surface area contributed by atoms with Crippen molar-refractivity contribution < 1.29 is 19.3 Å². The van der Waals surface area contributed by atoms with Gasteiger partial charge in [-0.2, -0.15) is 0 Å². The van der Waals surface area contributed by atoms with Crippen molar-refractivity contribution in [2.45, 2.75) is 44.6 Å². The molecule has 2 aromatic heterocycles. The van der Waals surface area contributed by atoms with Crippen LogP contribution in [0.3, 0.4) is 0 Å². The Labute approximate surface area is 150 Å². The zero-order valence-corrected chi connectivity index (χ0v) is 14.6. The molecule has 1 fully saturated rings. The van der Waals surface area contributed by atoms with Gasteiger partial charge in [0, 0.05) is 24.2 Å². The molecular formula is C20H21FN2O3. The molecule has 1 aromatic carbocycles. The number of rotatable bonds is 3. The van der Waals surface area contributed by atoms with Crippen LogP contribution in [-0.2, 0) is 0 Å². The van der Waals surface area contributed by atoms with E-state index in [4.69, 9.17) is 4.74 Å². The zero-order valence-electron chi connectivity index (χ0n) is 14.6. The van der Waals surface area contributed by atoms with Crippen LogP contribution in [0, 0.1) is 19.7 Å². The van der Waals surface area contributed by atoms with Gasteiger partial charge in [-0.1, -0.05) is 0 Å². The number of halogens is 1. The molecule has 0 amide bonds. The Morgan fingerprint density at radius 2 is 1.92 bits per heavy atom. The van der Waals surface area contributed by atoms with Gasteiger partial charge in [-0.15, -0.1) is 0 Å². The van der Waals surface area contributed by atoms with Crippen molar-refractivity contribution >= 4 is 11.0 Å². The number of hydrogen-bond acceptors (Lipinski definition) is 4. The summed E-state index contributed by atoms with van der Waals surface area (Å²) in [6.45, 7) is 3.76. The van der Waals surface area contributed by atoms with Crippen molar-refractivity contribution in [1.29, 1.82) is 0 Å². The molecule has 1 aliphatic rings. The first-order valence-electron chi connectivity index (χ1n) is 8.67. The van der Waals surface area contributed by atoms with Crippen molar-refractivity contribution in [2.24, 2.45) is 0 Å². The first-order chi connectivity index (χ1) is 12.5. The summed E-state index contributed by atoms with van der Waals surface area (Å²) in [5, 5.41) is 22.1. The lowest BCUT2D eigenvalue weighted by molar-refractivity contribution is -0.0165. The highest BCUT2D eigenvalue weighted by atomic mass is 19.1. The van der Waals surface area contributed by atoms with Crippen molar-refractivity contribution in [2.75, 3.05) is 0 Å². The molecule has 2 heterocycles. The van der Waals surface area contributed by atoms with Crippen LogP contribution < -0.4 is 4.74 Å². The van der Waals surface area contributed by atoms with Gasteiger partial charge in [-0.25, -0.2) is 9.37 Å². The fourth-order valence-electron chi connectivity index (χ4n) is 3.73. The van der Waals surface area contributed by atoms with Gasteiger partial charge in [-0.3, -0.25) is 0 Å². The molecule has 0 radical (unpaired) electrons. The van der Waals surface area contributed by atoms with Gasteiger partial charge in [0.25, 0.3) is 0 Å². The van der Waals surface area contributed by atoms with E-state index in [-0.39, 0.29) is 11.9 Å². The second-order valence-electron chi connectivity index (χ2n) is 6.94. The highest BCUT2D eigenvalue weighted by Gasteiger charge is 2.44. The van der Waals surface area contributed by atoms with Gasteiger partial charge >= 0.3 is 0 Å². The predicted octanol–water partition coefficient (Wildman–Crippen LogP) is 2.91. The maximum absolute atomic E-state index is 13.3. The molecule has 3 aromatic rings. The first-order valence-corrected chi connectivity index (χ1v) is 8.67. The van der Waals surface area contributed by atoms with E-state index in [1.54, 1.807) is 19.2 Å². The summed E-state index contributed by atoms with van der Waals surface area (Å²) in [4.78, 5) is 4.43. The van der Waals surface area contributed by atoms with E-state index in [2.05, 4.69) is 4.98 Å². The largest absolute Gasteiger partial charge is 0.487 e. The molecule has 4 atom stereocenters. The van der Waals surface area contributed by atoms with E-state index in [1.165, 1.54) is 12.1 Å². The molecule has 0 saturated heterocycles. The van der Waals surface area contributed by atoms with E-state index >= 15 is 0 Å². The summed E-state index contributed by atoms with van der Waals surface area (Å²) < 4.78 is 21.1. The lowest BCUT2D eigenvalue weighted by Crippen LogP contribution is -2.34. The normalized spacial score (nSPS) is 25.7. The molecule has 5 nitrogen and oxygen atoms in total. The predicted molar refractivity (Wildman–Crippen MR) is 95.7 cm³/mol. The summed E-state index contributed by atoms with van der Waals surface area (Å²) in [5.74, 6) is 0.176. The van der Waals surface area contributed by atoms with Crippen LogP contribution in [0.1, 0.15) is 23.6 Å². The van der Waals surface area contributed by atoms with Gasteiger partial charge in [0.1, 0.15) is 35.5 Å². The minimum atomic E-state index is -1.04. The van der Waals surface area contributed by atoms with E-state index < -0.39 is 18.3 Å². The van der Waals surface area contributed by atoms with Crippen LogP contribution in [0.4, 0.5) is 4.39 Å². The minimum absolute atomic E-state index is 0.333. The number of aliphatic hydroxyl groups is 2. The quantitative estimate of drug-likeness (QED) is 0.757. The van der Waals surface area contributed by atoms with Crippen LogP contribution >= 0.6 is 0 Å². The summed E-state index contributed by atoms with van der Waals surface area (Å²) >= 11 is 0. The molecule has 0 aliphatic heterocycles. The number of aryl methyl sites for hydroxylation is 2. The second kappa shape index (κ2) is 6.37. The van der Waals surface area contributed by atoms with Crippen molar-refractivity contribution in [3.8, 4) is 5.75 Å². The van der Waals surface area contributed by atoms with E-state index in [1.807, 2.05) is 29.8 Å². The van der Waals surface area contributed by atoms with Gasteiger partial charge in [-0.05, 0) is 55.3 Å². The van der Waals surface area contributed by atoms with Crippen molar-refractivity contribution in [1.82, 2.24) is 9.55 Å². The van der Waals surface area contributed by atoms with Crippen LogP contribution in [0.2, 0.25) is 0 Å². The maximum atomic E-state index is 13.3. The third-order valence-electron chi connectivity index (χ3n) is 5.20. The standard InChI is InChI=1S/C20H21FN2O3/c1-11-5-7-22-20-14(11)6-8-23(20)15-10-17(19(25)18(15)24)26-16-4-3-13(21)9-12(16)2/h3-9,15,17-19,24-25H,10H2,1-2H3/t15?,17?,18-,19+/m0/s1. The fourth-order valence-corrected chi connectivity index (χ4v) is 3.73. The summed E-state index contributed by atoms with van der Waals surface area (Å²) in [7, 11) is 0. The van der Waals surface area contributed by atoms with Gasteiger partial charge in [0.2, 0.25) is 0 Å². The number of benzene rings is 1. The van der Waals surface area contributed by atoms with Crippen molar-refractivity contribution in [3.05, 3.63) is 59.7 Å². The monoisotopic (exact) mass is 356 g/mol. The van der Waals surface area contributed by atoms with Gasteiger partial charge < -0.3 is 19.5 Å². The lowest BCUT2D eigenvalue weighted by atomic mass is 10.2. The Balaban J connectivity index is 1.62. The average molecular weight is 356 g/mol. The summed E-state index contributed by atoms with van der Waals surface area (Å²) in [5.41, 5.74) is 2.54. The third-order valence-corrected chi connectivity index (χ3v) is 5.20. The minimum Gasteiger partial charge on any atom is -0.487 e. The Bertz CT molecular complexity index is 955. The van der Waals surface area contributed by atoms with Crippen LogP contribution in [-0.4, -0.2) is 38.1 Å². The number of fused-ring (bicyclic) bond motifs is 1. The molecule has 4 rings (SSSR count). The number of pyridine rings is 1. The molecule has 6 heteroatoms. The topological polar surface area (TPSA) is 67.5 Å². The molecule has 0 spiro atoms. The summed E-state index contributed by atoms with van der Waals surface area (Å²) in [6, 6.07) is 7.82. The molecule has 26 heavy (non-hydrogen) atoms. The highest BCUT2D eigenvalue weighted by molar-refractivity contribution is 5.79. The SMILES string of the molecule is Cc1cc(F)ccc1OC1CC(n2ccc3c(C)ccnc32)[C@H](O)[C@@H]1O. The number of aliphatic hydroxyl groups excluding tert-OH is 2. The smallest absolute Gasteiger partial charge is 0.140 e. The third kappa shape index (κ3) is 2.75. The molecule has 2 unspecified atom stereocenters. The zero-order chi connectivity index (χ0) is 18.4. The van der Waals surface area contributed by atoms with Crippen LogP contribution in [0.5, 0.6) is 5.75 Å². The molecule has 1 aliphatic carbocycles. The molecule has 2 N–H and O–H groups in total. The summed E-state index contributed by atoms with van der Waals surface area (Å²) in [6.07, 6.45) is 1.46. The van der Waals surface area contributed by atoms with E-state index in [0.29, 0.717) is 17.7 Å². The number of aromatic nitrogens is 2. The maximum Gasteiger partial charge on any atom is 0.140 e. The second-order valence-corrected chi connectivity index (χ2v) is 6.94. The number of nitrogens with zero attached hydrogens (tertiary/aromatic N) is 2. The van der Waals surface area contributed by atoms with Crippen LogP contribution in [0.25, 0.3) is 11.0 Å². The molecule has 136 valence electrons. The number of ether oxygens (including phenoxy) is 1. The fraction of sp³-hybridized carbons (Fsp3) is 0.350. The lowest BCUT2D eigenvalue weighted by Gasteiger charge is -2.19. The van der Waals surface area contributed by atoms with Gasteiger partial charge in [0.05, 0.1) is 6.04 Å². The molecule has 0 bridgehead atoms. The Morgan fingerprint density at radius 3 is 2.69 bits per heavy atom.